The Morgan fingerprint density at radius 3 is 2.89 bits per heavy atom. The lowest BCUT2D eigenvalue weighted by Gasteiger charge is -2.32. The molecule has 0 saturated carbocycles. The van der Waals surface area contributed by atoms with Gasteiger partial charge in [-0.15, -0.1) is 11.6 Å². The number of hydrogen-bond donors (Lipinski definition) is 0. The summed E-state index contributed by atoms with van der Waals surface area (Å²) in [5, 5.41) is -0.774. The molecule has 0 bridgehead atoms. The van der Waals surface area contributed by atoms with E-state index in [1.54, 1.807) is 0 Å². The van der Waals surface area contributed by atoms with Crippen molar-refractivity contribution in [2.24, 2.45) is 5.92 Å². The van der Waals surface area contributed by atoms with E-state index in [1.807, 2.05) is 6.92 Å². The maximum Gasteiger partial charge on any atom is 0.263 e. The van der Waals surface area contributed by atoms with Gasteiger partial charge in [0.1, 0.15) is 0 Å². The molecular weight excluding hydrogens is 279 g/mol. The number of piperidine rings is 1. The summed E-state index contributed by atoms with van der Waals surface area (Å²) in [4.78, 5) is 3.62. The van der Waals surface area contributed by atoms with Crippen LogP contribution in [0.4, 0.5) is 4.39 Å². The fourth-order valence-electron chi connectivity index (χ4n) is 1.90. The summed E-state index contributed by atoms with van der Waals surface area (Å²) in [5.41, 5.74) is 0. The van der Waals surface area contributed by atoms with Crippen LogP contribution in [0.25, 0.3) is 0 Å². The molecule has 0 aromatic carbocycles. The van der Waals surface area contributed by atoms with Crippen molar-refractivity contribution in [1.82, 2.24) is 9.29 Å². The summed E-state index contributed by atoms with van der Waals surface area (Å²) in [6.07, 6.45) is 1.93. The minimum atomic E-state index is -3.89. The summed E-state index contributed by atoms with van der Waals surface area (Å²) >= 11 is 6.07. The fraction of sp³-hybridized carbons (Fsp3) is 0.545. The number of sulfonamides is 1. The van der Waals surface area contributed by atoms with Crippen LogP contribution in [0.5, 0.6) is 0 Å². The molecule has 1 aromatic heterocycles. The number of halogens is 2. The Bertz CT molecular complexity index is 538. The zero-order valence-corrected chi connectivity index (χ0v) is 11.5. The van der Waals surface area contributed by atoms with Crippen LogP contribution < -0.4 is 0 Å². The summed E-state index contributed by atoms with van der Waals surface area (Å²) in [6.45, 7) is 2.52. The first-order valence-corrected chi connectivity index (χ1v) is 7.55. The van der Waals surface area contributed by atoms with Crippen LogP contribution in [0, 0.1) is 11.7 Å². The third-order valence-electron chi connectivity index (χ3n) is 3.14. The predicted molar refractivity (Wildman–Crippen MR) is 66.4 cm³/mol. The summed E-state index contributed by atoms with van der Waals surface area (Å²) in [5.74, 6) is -0.575. The monoisotopic (exact) mass is 292 g/mol. The van der Waals surface area contributed by atoms with E-state index in [1.165, 1.54) is 16.6 Å². The Hall–Kier alpha value is -0.720. The van der Waals surface area contributed by atoms with Gasteiger partial charge in [-0.3, -0.25) is 0 Å². The first kappa shape index (κ1) is 13.7. The predicted octanol–water partition coefficient (Wildman–Crippen LogP) is 1.86. The van der Waals surface area contributed by atoms with E-state index in [0.29, 0.717) is 13.0 Å². The molecule has 2 unspecified atom stereocenters. The highest BCUT2D eigenvalue weighted by molar-refractivity contribution is 7.89. The van der Waals surface area contributed by atoms with E-state index in [9.17, 15) is 12.8 Å². The molecular formula is C11H14ClFN2O2S. The molecule has 4 nitrogen and oxygen atoms in total. The van der Waals surface area contributed by atoms with Gasteiger partial charge in [-0.25, -0.2) is 17.8 Å². The number of alkyl halides is 1. The molecule has 0 spiro atoms. The van der Waals surface area contributed by atoms with E-state index in [2.05, 4.69) is 4.98 Å². The van der Waals surface area contributed by atoms with Crippen LogP contribution in [-0.4, -0.2) is 36.2 Å². The molecule has 1 aliphatic heterocycles. The molecule has 2 rings (SSSR count). The second-order valence-corrected chi connectivity index (χ2v) is 6.85. The first-order valence-electron chi connectivity index (χ1n) is 5.67. The summed E-state index contributed by atoms with van der Waals surface area (Å²) in [6, 6.07) is 2.45. The SMILES string of the molecule is CC1CCN(S(=O)(=O)c2ncccc2F)CC1Cl. The van der Waals surface area contributed by atoms with E-state index >= 15 is 0 Å². The summed E-state index contributed by atoms with van der Waals surface area (Å²) in [7, 11) is -3.89. The molecule has 2 heterocycles. The number of pyridine rings is 1. The number of hydrogen-bond acceptors (Lipinski definition) is 3. The van der Waals surface area contributed by atoms with Crippen LogP contribution in [0.3, 0.4) is 0 Å². The Labute approximate surface area is 111 Å². The van der Waals surface area contributed by atoms with Gasteiger partial charge in [0, 0.05) is 24.7 Å². The van der Waals surface area contributed by atoms with Crippen molar-refractivity contribution in [3.8, 4) is 0 Å². The van der Waals surface area contributed by atoms with E-state index in [-0.39, 0.29) is 17.8 Å². The minimum absolute atomic E-state index is 0.196. The van der Waals surface area contributed by atoms with Crippen LogP contribution in [-0.2, 0) is 10.0 Å². The van der Waals surface area contributed by atoms with Crippen molar-refractivity contribution in [1.29, 1.82) is 0 Å². The van der Waals surface area contributed by atoms with Gasteiger partial charge in [0.05, 0.1) is 0 Å². The van der Waals surface area contributed by atoms with Gasteiger partial charge in [0.2, 0.25) is 5.03 Å². The topological polar surface area (TPSA) is 50.3 Å². The van der Waals surface area contributed by atoms with Crippen molar-refractivity contribution in [3.63, 3.8) is 0 Å². The lowest BCUT2D eigenvalue weighted by atomic mass is 10.0. The molecule has 1 saturated heterocycles. The molecule has 1 fully saturated rings. The molecule has 0 N–H and O–H groups in total. The van der Waals surface area contributed by atoms with Gasteiger partial charge in [-0.2, -0.15) is 4.31 Å². The van der Waals surface area contributed by atoms with E-state index < -0.39 is 20.9 Å². The molecule has 1 aliphatic rings. The molecule has 7 heteroatoms. The highest BCUT2D eigenvalue weighted by Crippen LogP contribution is 2.26. The van der Waals surface area contributed by atoms with Crippen molar-refractivity contribution in [3.05, 3.63) is 24.1 Å². The maximum atomic E-state index is 13.5. The Morgan fingerprint density at radius 2 is 2.28 bits per heavy atom. The van der Waals surface area contributed by atoms with Gasteiger partial charge >= 0.3 is 0 Å². The van der Waals surface area contributed by atoms with Crippen molar-refractivity contribution >= 4 is 21.6 Å². The van der Waals surface area contributed by atoms with Crippen LogP contribution in [0.15, 0.2) is 23.4 Å². The smallest absolute Gasteiger partial charge is 0.241 e. The first-order chi connectivity index (χ1) is 8.43. The fourth-order valence-corrected chi connectivity index (χ4v) is 3.73. The van der Waals surface area contributed by atoms with Gasteiger partial charge in [0.25, 0.3) is 10.0 Å². The van der Waals surface area contributed by atoms with Gasteiger partial charge in [-0.05, 0) is 24.5 Å². The molecule has 0 radical (unpaired) electrons. The lowest BCUT2D eigenvalue weighted by molar-refractivity contribution is 0.291. The minimum Gasteiger partial charge on any atom is -0.241 e. The molecule has 0 amide bonds. The van der Waals surface area contributed by atoms with Crippen LogP contribution in [0.1, 0.15) is 13.3 Å². The lowest BCUT2D eigenvalue weighted by Crippen LogP contribution is -2.44. The number of aromatic nitrogens is 1. The number of rotatable bonds is 2. The second kappa shape index (κ2) is 5.11. The Kier molecular flexibility index (Phi) is 3.89. The molecule has 18 heavy (non-hydrogen) atoms. The number of nitrogens with zero attached hydrogens (tertiary/aromatic N) is 2. The zero-order chi connectivity index (χ0) is 13.3. The third-order valence-corrected chi connectivity index (χ3v) is 5.51. The Morgan fingerprint density at radius 1 is 1.56 bits per heavy atom. The average molecular weight is 293 g/mol. The summed E-state index contributed by atoms with van der Waals surface area (Å²) < 4.78 is 39.2. The third kappa shape index (κ3) is 2.50. The Balaban J connectivity index is 2.30. The second-order valence-electron chi connectivity index (χ2n) is 4.44. The van der Waals surface area contributed by atoms with Gasteiger partial charge in [0.15, 0.2) is 5.82 Å². The van der Waals surface area contributed by atoms with Gasteiger partial charge in [-0.1, -0.05) is 6.92 Å². The molecule has 2 atom stereocenters. The highest BCUT2D eigenvalue weighted by atomic mass is 35.5. The van der Waals surface area contributed by atoms with E-state index in [0.717, 1.165) is 6.07 Å². The highest BCUT2D eigenvalue weighted by Gasteiger charge is 2.34. The van der Waals surface area contributed by atoms with Gasteiger partial charge < -0.3 is 0 Å². The quantitative estimate of drug-likeness (QED) is 0.782. The van der Waals surface area contributed by atoms with Crippen LogP contribution >= 0.6 is 11.6 Å². The maximum absolute atomic E-state index is 13.5. The average Bonchev–Trinajstić information content (AvgIpc) is 2.33. The zero-order valence-electron chi connectivity index (χ0n) is 9.88. The molecule has 100 valence electrons. The van der Waals surface area contributed by atoms with Crippen molar-refractivity contribution in [2.75, 3.05) is 13.1 Å². The molecule has 1 aromatic rings. The van der Waals surface area contributed by atoms with E-state index in [4.69, 9.17) is 11.6 Å². The standard InChI is InChI=1S/C11H14ClFN2O2S/c1-8-4-6-15(7-9(8)12)18(16,17)11-10(13)3-2-5-14-11/h2-3,5,8-9H,4,6-7H2,1H3. The van der Waals surface area contributed by atoms with Crippen molar-refractivity contribution < 1.29 is 12.8 Å². The normalized spacial score (nSPS) is 26.2. The van der Waals surface area contributed by atoms with Crippen LogP contribution in [0.2, 0.25) is 0 Å². The van der Waals surface area contributed by atoms with Crippen molar-refractivity contribution in [2.45, 2.75) is 23.7 Å². The molecule has 0 aliphatic carbocycles. The largest absolute Gasteiger partial charge is 0.263 e.